The topological polar surface area (TPSA) is 131 Å². The van der Waals surface area contributed by atoms with Crippen molar-refractivity contribution >= 4 is 23.4 Å². The number of anilines is 1. The standard InChI is InChI=1S/C14H19N3O6/c1-14(2,3)23-13(20)16-7-6-15-9-4-5-10(12(18)19)11(8-9)17(21)22/h4-5,8,15H,6-7H2,1-3H3,(H,16,20)(H,18,19). The molecule has 0 aliphatic heterocycles. The third kappa shape index (κ3) is 6.20. The van der Waals surface area contributed by atoms with E-state index in [0.717, 1.165) is 12.1 Å². The maximum absolute atomic E-state index is 11.4. The molecule has 0 atom stereocenters. The molecule has 0 spiro atoms. The monoisotopic (exact) mass is 325 g/mol. The minimum absolute atomic E-state index is 0.239. The zero-order chi connectivity index (χ0) is 17.6. The predicted molar refractivity (Wildman–Crippen MR) is 82.8 cm³/mol. The molecule has 0 saturated heterocycles. The maximum Gasteiger partial charge on any atom is 0.407 e. The largest absolute Gasteiger partial charge is 0.477 e. The van der Waals surface area contributed by atoms with Gasteiger partial charge in [0.15, 0.2) is 0 Å². The zero-order valence-electron chi connectivity index (χ0n) is 13.1. The van der Waals surface area contributed by atoms with Crippen LogP contribution < -0.4 is 10.6 Å². The summed E-state index contributed by atoms with van der Waals surface area (Å²) in [6, 6.07) is 3.71. The van der Waals surface area contributed by atoms with E-state index >= 15 is 0 Å². The van der Waals surface area contributed by atoms with Crippen molar-refractivity contribution in [3.8, 4) is 0 Å². The number of hydrogen-bond donors (Lipinski definition) is 3. The molecule has 1 aromatic rings. The van der Waals surface area contributed by atoms with Gasteiger partial charge >= 0.3 is 12.1 Å². The number of carboxylic acid groups (broad SMARTS) is 1. The molecule has 0 aliphatic carbocycles. The molecule has 0 radical (unpaired) electrons. The Morgan fingerprint density at radius 1 is 1.30 bits per heavy atom. The number of carbonyl (C=O) groups is 2. The first-order valence-corrected chi connectivity index (χ1v) is 6.82. The summed E-state index contributed by atoms with van der Waals surface area (Å²) in [5.74, 6) is -1.37. The Labute approximate surface area is 132 Å². The van der Waals surface area contributed by atoms with Gasteiger partial charge < -0.3 is 20.5 Å². The van der Waals surface area contributed by atoms with Crippen molar-refractivity contribution in [1.82, 2.24) is 5.32 Å². The summed E-state index contributed by atoms with van der Waals surface area (Å²) < 4.78 is 5.05. The predicted octanol–water partition coefficient (Wildman–Crippen LogP) is 2.23. The van der Waals surface area contributed by atoms with Crippen molar-refractivity contribution in [3.05, 3.63) is 33.9 Å². The zero-order valence-corrected chi connectivity index (χ0v) is 13.1. The smallest absolute Gasteiger partial charge is 0.407 e. The molecule has 0 bridgehead atoms. The van der Waals surface area contributed by atoms with E-state index in [1.54, 1.807) is 20.8 Å². The Balaban J connectivity index is 2.56. The van der Waals surface area contributed by atoms with E-state index in [2.05, 4.69) is 10.6 Å². The average Bonchev–Trinajstić information content (AvgIpc) is 2.41. The lowest BCUT2D eigenvalue weighted by molar-refractivity contribution is -0.385. The molecule has 1 aromatic carbocycles. The van der Waals surface area contributed by atoms with Gasteiger partial charge in [-0.05, 0) is 32.9 Å². The summed E-state index contributed by atoms with van der Waals surface area (Å²) in [6.45, 7) is 5.77. The molecule has 0 unspecified atom stereocenters. The van der Waals surface area contributed by atoms with Crippen LogP contribution in [0.2, 0.25) is 0 Å². The Kier molecular flexibility index (Phi) is 5.88. The van der Waals surface area contributed by atoms with Gasteiger partial charge in [-0.2, -0.15) is 0 Å². The number of rotatable bonds is 6. The van der Waals surface area contributed by atoms with E-state index in [1.165, 1.54) is 6.07 Å². The number of nitro benzene ring substituents is 1. The summed E-state index contributed by atoms with van der Waals surface area (Å²) in [5, 5.41) is 25.1. The number of nitro groups is 1. The molecule has 9 heteroatoms. The molecule has 0 aromatic heterocycles. The van der Waals surface area contributed by atoms with Crippen LogP contribution in [0.25, 0.3) is 0 Å². The van der Waals surface area contributed by atoms with Gasteiger partial charge in [0, 0.05) is 24.8 Å². The van der Waals surface area contributed by atoms with Crippen LogP contribution in [0.15, 0.2) is 18.2 Å². The van der Waals surface area contributed by atoms with Crippen LogP contribution in [0, 0.1) is 10.1 Å². The van der Waals surface area contributed by atoms with Gasteiger partial charge in [-0.1, -0.05) is 0 Å². The van der Waals surface area contributed by atoms with Crippen molar-refractivity contribution in [2.75, 3.05) is 18.4 Å². The van der Waals surface area contributed by atoms with Crippen molar-refractivity contribution < 1.29 is 24.4 Å². The van der Waals surface area contributed by atoms with Crippen LogP contribution in [0.1, 0.15) is 31.1 Å². The summed E-state index contributed by atoms with van der Waals surface area (Å²) in [6.07, 6.45) is -0.563. The van der Waals surface area contributed by atoms with Gasteiger partial charge in [0.1, 0.15) is 11.2 Å². The van der Waals surface area contributed by atoms with Gasteiger partial charge in [0.2, 0.25) is 0 Å². The first-order chi connectivity index (χ1) is 10.6. The van der Waals surface area contributed by atoms with Gasteiger partial charge in [-0.3, -0.25) is 10.1 Å². The fourth-order valence-electron chi connectivity index (χ4n) is 1.66. The number of ether oxygens (including phenoxy) is 1. The normalized spacial score (nSPS) is 10.7. The number of hydrogen-bond acceptors (Lipinski definition) is 6. The molecular formula is C14H19N3O6. The average molecular weight is 325 g/mol. The Morgan fingerprint density at radius 3 is 2.48 bits per heavy atom. The van der Waals surface area contributed by atoms with Crippen molar-refractivity contribution in [2.24, 2.45) is 0 Å². The van der Waals surface area contributed by atoms with Crippen LogP contribution in [0.3, 0.4) is 0 Å². The van der Waals surface area contributed by atoms with Crippen molar-refractivity contribution in [1.29, 1.82) is 0 Å². The third-order valence-corrected chi connectivity index (χ3v) is 2.55. The molecule has 23 heavy (non-hydrogen) atoms. The van der Waals surface area contributed by atoms with Crippen LogP contribution >= 0.6 is 0 Å². The first kappa shape index (κ1) is 18.2. The lowest BCUT2D eigenvalue weighted by atomic mass is 10.1. The second kappa shape index (κ2) is 7.43. The number of carboxylic acids is 1. The molecule has 9 nitrogen and oxygen atoms in total. The van der Waals surface area contributed by atoms with Crippen molar-refractivity contribution in [2.45, 2.75) is 26.4 Å². The number of amides is 1. The number of aromatic carboxylic acids is 1. The number of benzene rings is 1. The van der Waals surface area contributed by atoms with E-state index in [1.807, 2.05) is 0 Å². The number of carbonyl (C=O) groups excluding carboxylic acids is 1. The van der Waals surface area contributed by atoms with Crippen LogP contribution in [0.5, 0.6) is 0 Å². The summed E-state index contributed by atoms with van der Waals surface area (Å²) in [4.78, 5) is 32.4. The lowest BCUT2D eigenvalue weighted by Gasteiger charge is -2.19. The van der Waals surface area contributed by atoms with Gasteiger partial charge in [0.05, 0.1) is 4.92 Å². The molecule has 0 aliphatic rings. The summed E-state index contributed by atoms with van der Waals surface area (Å²) in [5.41, 5.74) is -1.09. The van der Waals surface area contributed by atoms with E-state index in [0.29, 0.717) is 12.2 Å². The van der Waals surface area contributed by atoms with E-state index in [-0.39, 0.29) is 12.1 Å². The minimum Gasteiger partial charge on any atom is -0.477 e. The fourth-order valence-corrected chi connectivity index (χ4v) is 1.66. The lowest BCUT2D eigenvalue weighted by Crippen LogP contribution is -2.35. The number of nitrogens with zero attached hydrogens (tertiary/aromatic N) is 1. The van der Waals surface area contributed by atoms with E-state index in [9.17, 15) is 19.7 Å². The Bertz CT molecular complexity index is 609. The summed E-state index contributed by atoms with van der Waals surface area (Å²) >= 11 is 0. The highest BCUT2D eigenvalue weighted by Crippen LogP contribution is 2.23. The molecule has 1 rings (SSSR count). The van der Waals surface area contributed by atoms with E-state index < -0.39 is 28.3 Å². The van der Waals surface area contributed by atoms with Gasteiger partial charge in [0.25, 0.3) is 5.69 Å². The quantitative estimate of drug-likeness (QED) is 0.415. The second-order valence-corrected chi connectivity index (χ2v) is 5.65. The van der Waals surface area contributed by atoms with Crippen LogP contribution in [-0.4, -0.2) is 40.8 Å². The Morgan fingerprint density at radius 2 is 1.96 bits per heavy atom. The highest BCUT2D eigenvalue weighted by atomic mass is 16.6. The number of nitrogens with one attached hydrogen (secondary N) is 2. The molecule has 0 heterocycles. The molecule has 126 valence electrons. The van der Waals surface area contributed by atoms with Crippen LogP contribution in [-0.2, 0) is 4.74 Å². The fraction of sp³-hybridized carbons (Fsp3) is 0.429. The van der Waals surface area contributed by atoms with E-state index in [4.69, 9.17) is 9.84 Å². The van der Waals surface area contributed by atoms with Gasteiger partial charge in [-0.15, -0.1) is 0 Å². The van der Waals surface area contributed by atoms with Crippen molar-refractivity contribution in [3.63, 3.8) is 0 Å². The highest BCUT2D eigenvalue weighted by molar-refractivity contribution is 5.93. The molecule has 1 amide bonds. The third-order valence-electron chi connectivity index (χ3n) is 2.55. The first-order valence-electron chi connectivity index (χ1n) is 6.82. The minimum atomic E-state index is -1.37. The maximum atomic E-state index is 11.4. The molecule has 3 N–H and O–H groups in total. The number of alkyl carbamates (subject to hydrolysis) is 1. The van der Waals surface area contributed by atoms with Gasteiger partial charge in [-0.25, -0.2) is 9.59 Å². The summed E-state index contributed by atoms with van der Waals surface area (Å²) in [7, 11) is 0. The molecular weight excluding hydrogens is 306 g/mol. The SMILES string of the molecule is CC(C)(C)OC(=O)NCCNc1ccc(C(=O)O)c([N+](=O)[O-])c1. The molecule has 0 saturated carbocycles. The second-order valence-electron chi connectivity index (χ2n) is 5.65. The Hall–Kier alpha value is -2.84. The van der Waals surface area contributed by atoms with Crippen LogP contribution in [0.4, 0.5) is 16.2 Å². The highest BCUT2D eigenvalue weighted by Gasteiger charge is 2.20. The molecule has 0 fully saturated rings.